The number of aryl methyl sites for hydroxylation is 1. The Kier molecular flexibility index (Phi) is 4.47. The first-order valence-corrected chi connectivity index (χ1v) is 6.49. The Labute approximate surface area is 108 Å². The Bertz CT molecular complexity index is 464. The lowest BCUT2D eigenvalue weighted by Gasteiger charge is -2.16. The van der Waals surface area contributed by atoms with Crippen molar-refractivity contribution in [3.63, 3.8) is 0 Å². The van der Waals surface area contributed by atoms with Crippen LogP contribution in [0, 0.1) is 0 Å². The molecule has 2 heterocycles. The third-order valence-corrected chi connectivity index (χ3v) is 2.95. The number of hydrogen-bond acceptors (Lipinski definition) is 3. The van der Waals surface area contributed by atoms with E-state index >= 15 is 0 Å². The van der Waals surface area contributed by atoms with Crippen molar-refractivity contribution in [3.05, 3.63) is 48.0 Å². The SMILES string of the molecule is CCNC(Cc1cnn(CC)c1)c1ccccn1. The third kappa shape index (κ3) is 3.17. The van der Waals surface area contributed by atoms with Crippen molar-refractivity contribution in [1.82, 2.24) is 20.1 Å². The van der Waals surface area contributed by atoms with Gasteiger partial charge in [-0.2, -0.15) is 5.10 Å². The maximum Gasteiger partial charge on any atom is 0.0576 e. The molecule has 0 fully saturated rings. The highest BCUT2D eigenvalue weighted by Gasteiger charge is 2.13. The summed E-state index contributed by atoms with van der Waals surface area (Å²) < 4.78 is 1.96. The van der Waals surface area contributed by atoms with Crippen molar-refractivity contribution < 1.29 is 0 Å². The van der Waals surface area contributed by atoms with Crippen LogP contribution in [0.1, 0.15) is 31.1 Å². The van der Waals surface area contributed by atoms with E-state index in [9.17, 15) is 0 Å². The Morgan fingerprint density at radius 3 is 2.83 bits per heavy atom. The van der Waals surface area contributed by atoms with Crippen LogP contribution in [-0.4, -0.2) is 21.3 Å². The molecule has 0 bridgehead atoms. The zero-order chi connectivity index (χ0) is 12.8. The maximum absolute atomic E-state index is 4.43. The monoisotopic (exact) mass is 244 g/mol. The van der Waals surface area contributed by atoms with Crippen molar-refractivity contribution in [2.45, 2.75) is 32.9 Å². The molecule has 0 amide bonds. The van der Waals surface area contributed by atoms with E-state index in [1.54, 1.807) is 0 Å². The highest BCUT2D eigenvalue weighted by atomic mass is 15.3. The van der Waals surface area contributed by atoms with Crippen LogP contribution in [0.2, 0.25) is 0 Å². The first-order valence-electron chi connectivity index (χ1n) is 6.49. The number of nitrogens with zero attached hydrogens (tertiary/aromatic N) is 3. The van der Waals surface area contributed by atoms with E-state index in [-0.39, 0.29) is 6.04 Å². The van der Waals surface area contributed by atoms with Crippen LogP contribution < -0.4 is 5.32 Å². The first-order chi connectivity index (χ1) is 8.83. The molecule has 0 aliphatic carbocycles. The van der Waals surface area contributed by atoms with E-state index in [1.807, 2.05) is 29.2 Å². The minimum atomic E-state index is 0.255. The molecule has 96 valence electrons. The normalized spacial score (nSPS) is 12.6. The molecule has 0 aliphatic rings. The van der Waals surface area contributed by atoms with Gasteiger partial charge in [-0.3, -0.25) is 9.67 Å². The second-order valence-electron chi connectivity index (χ2n) is 4.27. The van der Waals surface area contributed by atoms with Crippen molar-refractivity contribution >= 4 is 0 Å². The van der Waals surface area contributed by atoms with Gasteiger partial charge in [-0.05, 0) is 37.6 Å². The van der Waals surface area contributed by atoms with Crippen LogP contribution in [0.15, 0.2) is 36.8 Å². The van der Waals surface area contributed by atoms with E-state index in [1.165, 1.54) is 5.56 Å². The van der Waals surface area contributed by atoms with Gasteiger partial charge in [-0.25, -0.2) is 0 Å². The van der Waals surface area contributed by atoms with Crippen molar-refractivity contribution in [1.29, 1.82) is 0 Å². The van der Waals surface area contributed by atoms with E-state index < -0.39 is 0 Å². The molecule has 4 nitrogen and oxygen atoms in total. The van der Waals surface area contributed by atoms with Gasteiger partial charge in [0.1, 0.15) is 0 Å². The Hall–Kier alpha value is -1.68. The molecule has 1 unspecified atom stereocenters. The summed E-state index contributed by atoms with van der Waals surface area (Å²) in [5.41, 5.74) is 2.33. The number of rotatable bonds is 6. The predicted octanol–water partition coefficient (Wildman–Crippen LogP) is 2.19. The van der Waals surface area contributed by atoms with Gasteiger partial charge in [0.25, 0.3) is 0 Å². The Balaban J connectivity index is 2.11. The van der Waals surface area contributed by atoms with E-state index in [2.05, 4.69) is 41.5 Å². The van der Waals surface area contributed by atoms with E-state index in [0.29, 0.717) is 0 Å². The third-order valence-electron chi connectivity index (χ3n) is 2.95. The molecule has 4 heteroatoms. The van der Waals surface area contributed by atoms with Gasteiger partial charge in [-0.15, -0.1) is 0 Å². The lowest BCUT2D eigenvalue weighted by atomic mass is 10.1. The molecular formula is C14H20N4. The second kappa shape index (κ2) is 6.31. The summed E-state index contributed by atoms with van der Waals surface area (Å²) in [6.45, 7) is 6.06. The van der Waals surface area contributed by atoms with Crippen LogP contribution in [0.25, 0.3) is 0 Å². The predicted molar refractivity (Wildman–Crippen MR) is 72.3 cm³/mol. The van der Waals surface area contributed by atoms with Crippen LogP contribution in [0.3, 0.4) is 0 Å². The highest BCUT2D eigenvalue weighted by Crippen LogP contribution is 2.15. The van der Waals surface area contributed by atoms with Crippen LogP contribution in [0.5, 0.6) is 0 Å². The standard InChI is InChI=1S/C14H20N4/c1-3-15-14(13-7-5-6-8-16-13)9-12-10-17-18(4-2)11-12/h5-8,10-11,14-15H,3-4,9H2,1-2H3. The zero-order valence-electron chi connectivity index (χ0n) is 11.0. The quantitative estimate of drug-likeness (QED) is 0.847. The van der Waals surface area contributed by atoms with Gasteiger partial charge in [0.15, 0.2) is 0 Å². The molecule has 2 rings (SSSR count). The van der Waals surface area contributed by atoms with Gasteiger partial charge in [0.2, 0.25) is 0 Å². The highest BCUT2D eigenvalue weighted by molar-refractivity contribution is 5.14. The van der Waals surface area contributed by atoms with Gasteiger partial charge < -0.3 is 5.32 Å². The number of aromatic nitrogens is 3. The van der Waals surface area contributed by atoms with Crippen molar-refractivity contribution in [3.8, 4) is 0 Å². The Morgan fingerprint density at radius 1 is 1.33 bits per heavy atom. The molecule has 2 aromatic heterocycles. The summed E-state index contributed by atoms with van der Waals surface area (Å²) in [5.74, 6) is 0. The van der Waals surface area contributed by atoms with Crippen LogP contribution in [0.4, 0.5) is 0 Å². The van der Waals surface area contributed by atoms with Crippen molar-refractivity contribution in [2.24, 2.45) is 0 Å². The molecule has 1 atom stereocenters. The molecule has 18 heavy (non-hydrogen) atoms. The molecule has 0 aliphatic heterocycles. The first kappa shape index (κ1) is 12.8. The van der Waals surface area contributed by atoms with Gasteiger partial charge in [0, 0.05) is 18.9 Å². The average Bonchev–Trinajstić information content (AvgIpc) is 2.87. The second-order valence-corrected chi connectivity index (χ2v) is 4.27. The van der Waals surface area contributed by atoms with Gasteiger partial charge >= 0.3 is 0 Å². The number of likely N-dealkylation sites (N-methyl/N-ethyl adjacent to an activating group) is 1. The summed E-state index contributed by atoms with van der Waals surface area (Å²) in [7, 11) is 0. The van der Waals surface area contributed by atoms with Gasteiger partial charge in [-0.1, -0.05) is 13.0 Å². The maximum atomic E-state index is 4.43. The number of nitrogens with one attached hydrogen (secondary N) is 1. The molecule has 0 saturated heterocycles. The van der Waals surface area contributed by atoms with Crippen molar-refractivity contribution in [2.75, 3.05) is 6.54 Å². The molecule has 1 N–H and O–H groups in total. The lowest BCUT2D eigenvalue weighted by Crippen LogP contribution is -2.23. The summed E-state index contributed by atoms with van der Waals surface area (Å²) in [6.07, 6.45) is 6.81. The fourth-order valence-corrected chi connectivity index (χ4v) is 2.03. The van der Waals surface area contributed by atoms with E-state index in [4.69, 9.17) is 0 Å². The fraction of sp³-hybridized carbons (Fsp3) is 0.429. The minimum Gasteiger partial charge on any atom is -0.309 e. The molecule has 2 aromatic rings. The van der Waals surface area contributed by atoms with Crippen LogP contribution >= 0.6 is 0 Å². The largest absolute Gasteiger partial charge is 0.309 e. The summed E-state index contributed by atoms with van der Waals surface area (Å²) in [5, 5.41) is 7.79. The number of pyridine rings is 1. The molecule has 0 spiro atoms. The smallest absolute Gasteiger partial charge is 0.0576 e. The molecule has 0 aromatic carbocycles. The van der Waals surface area contributed by atoms with Gasteiger partial charge in [0.05, 0.1) is 17.9 Å². The lowest BCUT2D eigenvalue weighted by molar-refractivity contribution is 0.536. The Morgan fingerprint density at radius 2 is 2.22 bits per heavy atom. The van der Waals surface area contributed by atoms with E-state index in [0.717, 1.165) is 25.2 Å². The summed E-state index contributed by atoms with van der Waals surface area (Å²) in [6, 6.07) is 6.30. The topological polar surface area (TPSA) is 42.7 Å². The molecular weight excluding hydrogens is 224 g/mol. The fourth-order valence-electron chi connectivity index (χ4n) is 2.03. The van der Waals surface area contributed by atoms with Crippen LogP contribution in [-0.2, 0) is 13.0 Å². The number of hydrogen-bond donors (Lipinski definition) is 1. The average molecular weight is 244 g/mol. The summed E-state index contributed by atoms with van der Waals surface area (Å²) >= 11 is 0. The minimum absolute atomic E-state index is 0.255. The molecule has 0 saturated carbocycles. The zero-order valence-corrected chi connectivity index (χ0v) is 11.0. The summed E-state index contributed by atoms with van der Waals surface area (Å²) in [4.78, 5) is 4.43. The molecule has 0 radical (unpaired) electrons.